The van der Waals surface area contributed by atoms with Gasteiger partial charge in [-0.25, -0.2) is 0 Å². The Morgan fingerprint density at radius 1 is 1.15 bits per heavy atom. The summed E-state index contributed by atoms with van der Waals surface area (Å²) >= 11 is 0. The zero-order valence-corrected chi connectivity index (χ0v) is 18.5. The van der Waals surface area contributed by atoms with E-state index in [4.69, 9.17) is 9.72 Å². The van der Waals surface area contributed by atoms with Crippen molar-refractivity contribution in [2.75, 3.05) is 24.4 Å². The van der Waals surface area contributed by atoms with E-state index < -0.39 is 0 Å². The molecule has 4 rings (SSSR count). The first-order valence-corrected chi connectivity index (χ1v) is 10.6. The van der Waals surface area contributed by atoms with Crippen LogP contribution in [0.3, 0.4) is 0 Å². The third-order valence-corrected chi connectivity index (χ3v) is 5.91. The van der Waals surface area contributed by atoms with Gasteiger partial charge in [-0.05, 0) is 43.9 Å². The molecule has 1 amide bonds. The fourth-order valence-electron chi connectivity index (χ4n) is 4.12. The number of ether oxygens (including phenoxy) is 1. The van der Waals surface area contributed by atoms with Gasteiger partial charge in [0.2, 0.25) is 5.91 Å². The molecule has 1 aromatic carbocycles. The van der Waals surface area contributed by atoms with E-state index in [0.29, 0.717) is 0 Å². The fraction of sp³-hybridized carbons (Fsp3) is 0.423. The van der Waals surface area contributed by atoms with Crippen molar-refractivity contribution in [1.82, 2.24) is 14.8 Å². The van der Waals surface area contributed by atoms with Crippen molar-refractivity contribution in [2.24, 2.45) is 0 Å². The van der Waals surface area contributed by atoms with E-state index in [2.05, 4.69) is 34.8 Å². The number of aromatic nitrogens is 3. The average molecular weight is 452 g/mol. The number of carbonyl (C=O) groups is 1. The van der Waals surface area contributed by atoms with Crippen LogP contribution >= 0.6 is 0 Å². The molecule has 2 aromatic heterocycles. The van der Waals surface area contributed by atoms with Gasteiger partial charge in [0.1, 0.15) is 6.04 Å². The van der Waals surface area contributed by atoms with Gasteiger partial charge in [-0.1, -0.05) is 45.2 Å². The zero-order chi connectivity index (χ0) is 22.0. The quantitative estimate of drug-likeness (QED) is 0.573. The van der Waals surface area contributed by atoms with Crippen molar-refractivity contribution in [2.45, 2.75) is 60.2 Å². The molecule has 2 atom stereocenters. The number of methoxy groups -OCH3 is 1. The molecule has 0 spiro atoms. The number of hydrogen-bond donors (Lipinski definition) is 1. The molecular formula is C26H37N5O2. The minimum absolute atomic E-state index is 0. The number of likely N-dealkylation sites (N-methyl/N-ethyl adjacent to an activating group) is 1. The van der Waals surface area contributed by atoms with E-state index >= 15 is 0 Å². The van der Waals surface area contributed by atoms with Crippen molar-refractivity contribution >= 4 is 17.3 Å². The average Bonchev–Trinajstić information content (AvgIpc) is 3.21. The maximum atomic E-state index is 12.6. The van der Waals surface area contributed by atoms with Gasteiger partial charge in [0.05, 0.1) is 35.9 Å². The topological polar surface area (TPSA) is 72.3 Å². The Kier molecular flexibility index (Phi) is 8.76. The molecule has 178 valence electrons. The van der Waals surface area contributed by atoms with Crippen molar-refractivity contribution in [3.8, 4) is 0 Å². The largest absolute Gasteiger partial charge is 0.379 e. The molecule has 7 nitrogen and oxygen atoms in total. The second-order valence-corrected chi connectivity index (χ2v) is 8.11. The van der Waals surface area contributed by atoms with E-state index in [-0.39, 0.29) is 32.9 Å². The maximum absolute atomic E-state index is 12.6. The van der Waals surface area contributed by atoms with Gasteiger partial charge < -0.3 is 15.0 Å². The molecule has 1 aliphatic rings. The molecule has 3 aromatic rings. The molecule has 33 heavy (non-hydrogen) atoms. The summed E-state index contributed by atoms with van der Waals surface area (Å²) in [5, 5.41) is 7.51. The van der Waals surface area contributed by atoms with E-state index in [1.807, 2.05) is 54.9 Å². The van der Waals surface area contributed by atoms with Gasteiger partial charge in [-0.3, -0.25) is 14.5 Å². The summed E-state index contributed by atoms with van der Waals surface area (Å²) in [7, 11) is 3.57. The van der Waals surface area contributed by atoms with Gasteiger partial charge in [0.15, 0.2) is 0 Å². The van der Waals surface area contributed by atoms with Gasteiger partial charge >= 0.3 is 0 Å². The van der Waals surface area contributed by atoms with E-state index in [1.54, 1.807) is 7.11 Å². The normalized spacial score (nSPS) is 15.7. The second-order valence-electron chi connectivity index (χ2n) is 8.11. The molecule has 0 bridgehead atoms. The summed E-state index contributed by atoms with van der Waals surface area (Å²) in [6.45, 7) is 4.61. The molecule has 3 heterocycles. The van der Waals surface area contributed by atoms with Crippen molar-refractivity contribution in [3.63, 3.8) is 0 Å². The molecule has 1 aliphatic heterocycles. The smallest absolute Gasteiger partial charge is 0.249 e. The number of hydrogen-bond acceptors (Lipinski definition) is 5. The van der Waals surface area contributed by atoms with E-state index in [1.165, 1.54) is 11.1 Å². The Bertz CT molecular complexity index is 1060. The summed E-state index contributed by atoms with van der Waals surface area (Å²) in [6.07, 6.45) is 5.47. The van der Waals surface area contributed by atoms with Crippen LogP contribution < -0.4 is 10.2 Å². The Morgan fingerprint density at radius 2 is 1.88 bits per heavy atom. The lowest BCUT2D eigenvalue weighted by Crippen LogP contribution is -2.52. The maximum Gasteiger partial charge on any atom is 0.249 e. The first-order valence-electron chi connectivity index (χ1n) is 10.6. The number of amides is 1. The van der Waals surface area contributed by atoms with Crippen LogP contribution in [0.25, 0.3) is 0 Å². The number of anilines is 2. The Hall–Kier alpha value is -3.19. The standard InChI is InChI=1S/C24H29N5O2.2CH4/c1-16-22-21(28(3)23(17(2)31-4)24(30)27-22)12-20(26-16)11-10-19-13-25-29(15-19)14-18-8-6-5-7-9-18;;/h5-9,12-13,15,17,23H,10-11,14H2,1-4H3,(H,27,30);2*1H4/t17-,23+;;/m1../s1. The molecule has 1 N–H and O–H groups in total. The number of rotatable bonds is 7. The number of nitrogens with zero attached hydrogens (tertiary/aromatic N) is 4. The Morgan fingerprint density at radius 3 is 2.58 bits per heavy atom. The third kappa shape index (κ3) is 5.60. The molecule has 0 saturated carbocycles. The lowest BCUT2D eigenvalue weighted by atomic mass is 10.0. The van der Waals surface area contributed by atoms with Gasteiger partial charge in [-0.2, -0.15) is 5.10 Å². The number of nitrogens with one attached hydrogen (secondary N) is 1. The lowest BCUT2D eigenvalue weighted by Gasteiger charge is -2.38. The highest BCUT2D eigenvalue weighted by atomic mass is 16.5. The second kappa shape index (κ2) is 11.1. The highest BCUT2D eigenvalue weighted by Gasteiger charge is 2.36. The molecule has 0 aliphatic carbocycles. The summed E-state index contributed by atoms with van der Waals surface area (Å²) < 4.78 is 7.40. The summed E-state index contributed by atoms with van der Waals surface area (Å²) in [4.78, 5) is 19.3. The fourth-order valence-corrected chi connectivity index (χ4v) is 4.12. The summed E-state index contributed by atoms with van der Waals surface area (Å²) in [5.74, 6) is -0.0622. The van der Waals surface area contributed by atoms with Crippen molar-refractivity contribution in [1.29, 1.82) is 0 Å². The van der Waals surface area contributed by atoms with Crippen LogP contribution in [-0.4, -0.2) is 47.0 Å². The number of aryl methyl sites for hydroxylation is 3. The molecule has 0 fully saturated rings. The molecular weight excluding hydrogens is 414 g/mol. The predicted octanol–water partition coefficient (Wildman–Crippen LogP) is 4.48. The van der Waals surface area contributed by atoms with Crippen LogP contribution in [-0.2, 0) is 28.9 Å². The molecule has 0 unspecified atom stereocenters. The zero-order valence-electron chi connectivity index (χ0n) is 18.5. The van der Waals surface area contributed by atoms with Crippen molar-refractivity contribution in [3.05, 3.63) is 71.3 Å². The van der Waals surface area contributed by atoms with Gasteiger partial charge in [-0.15, -0.1) is 0 Å². The third-order valence-electron chi connectivity index (χ3n) is 5.91. The van der Waals surface area contributed by atoms with Crippen LogP contribution in [0.4, 0.5) is 11.4 Å². The first-order chi connectivity index (χ1) is 15.0. The van der Waals surface area contributed by atoms with Crippen LogP contribution in [0.15, 0.2) is 48.8 Å². The van der Waals surface area contributed by atoms with Gasteiger partial charge in [0.25, 0.3) is 0 Å². The molecule has 0 radical (unpaired) electrons. The molecule has 0 saturated heterocycles. The number of carbonyl (C=O) groups excluding carboxylic acids is 1. The van der Waals surface area contributed by atoms with Crippen LogP contribution in [0.5, 0.6) is 0 Å². The number of benzene rings is 1. The van der Waals surface area contributed by atoms with Crippen LogP contribution in [0.1, 0.15) is 44.3 Å². The number of fused-ring (bicyclic) bond motifs is 1. The first kappa shape index (κ1) is 26.1. The summed E-state index contributed by atoms with van der Waals surface area (Å²) in [6, 6.07) is 12.0. The van der Waals surface area contributed by atoms with Crippen molar-refractivity contribution < 1.29 is 9.53 Å². The Balaban J connectivity index is 0.00000193. The van der Waals surface area contributed by atoms with E-state index in [0.717, 1.165) is 42.1 Å². The van der Waals surface area contributed by atoms with Crippen LogP contribution in [0.2, 0.25) is 0 Å². The number of pyridine rings is 1. The SMILES string of the molecule is C.C.CO[C@H](C)[C@H]1C(=O)Nc2c(cc(CCc3cnn(Cc4ccccc4)c3)nc2C)N1C. The predicted molar refractivity (Wildman–Crippen MR) is 135 cm³/mol. The highest BCUT2D eigenvalue weighted by molar-refractivity contribution is 6.04. The summed E-state index contributed by atoms with van der Waals surface area (Å²) in [5.41, 5.74) is 6.01. The monoisotopic (exact) mass is 451 g/mol. The van der Waals surface area contributed by atoms with E-state index in [9.17, 15) is 4.79 Å². The lowest BCUT2D eigenvalue weighted by molar-refractivity contribution is -0.120. The minimum atomic E-state index is -0.372. The highest BCUT2D eigenvalue weighted by Crippen LogP contribution is 2.35. The van der Waals surface area contributed by atoms with Gasteiger partial charge in [0, 0.05) is 26.0 Å². The minimum Gasteiger partial charge on any atom is -0.379 e. The molecule has 7 heteroatoms. The Labute approximate surface area is 197 Å². The van der Waals surface area contributed by atoms with Crippen LogP contribution in [0, 0.1) is 6.92 Å².